The second-order valence-electron chi connectivity index (χ2n) is 9.48. The summed E-state index contributed by atoms with van der Waals surface area (Å²) in [7, 11) is 0. The summed E-state index contributed by atoms with van der Waals surface area (Å²) in [6, 6.07) is 17.6. The molecule has 4 rings (SSSR count). The molecule has 29 heavy (non-hydrogen) atoms. The number of carbonyl (C=O) groups excluding carboxylic acids is 1. The van der Waals surface area contributed by atoms with E-state index in [1.807, 2.05) is 60.7 Å². The van der Waals surface area contributed by atoms with Crippen molar-refractivity contribution in [3.8, 4) is 0 Å². The molecule has 0 N–H and O–H groups in total. The van der Waals surface area contributed by atoms with E-state index in [9.17, 15) is 4.79 Å². The van der Waals surface area contributed by atoms with E-state index in [0.717, 1.165) is 30.4 Å². The summed E-state index contributed by atoms with van der Waals surface area (Å²) in [5.74, 6) is -0.0998. The van der Waals surface area contributed by atoms with Gasteiger partial charge in [0, 0.05) is 5.56 Å². The summed E-state index contributed by atoms with van der Waals surface area (Å²) in [5.41, 5.74) is 2.36. The highest BCUT2D eigenvalue weighted by atomic mass is 19.1. The third-order valence-electron chi connectivity index (χ3n) is 6.36. The number of amides is 1. The van der Waals surface area contributed by atoms with Crippen LogP contribution in [0.2, 0.25) is 0 Å². The molecule has 2 aromatic rings. The van der Waals surface area contributed by atoms with E-state index in [1.165, 1.54) is 5.56 Å². The topological polar surface area (TPSA) is 20.3 Å². The van der Waals surface area contributed by atoms with Gasteiger partial charge in [-0.1, -0.05) is 69.3 Å². The number of carbonyl (C=O) groups is 1. The van der Waals surface area contributed by atoms with Crippen LogP contribution in [0.15, 0.2) is 66.2 Å². The molecule has 0 spiro atoms. The molecule has 1 saturated carbocycles. The monoisotopic (exact) mass is 391 g/mol. The van der Waals surface area contributed by atoms with Crippen molar-refractivity contribution in [2.75, 3.05) is 6.54 Å². The van der Waals surface area contributed by atoms with E-state index in [2.05, 4.69) is 20.8 Å². The van der Waals surface area contributed by atoms with Gasteiger partial charge in [-0.15, -0.1) is 0 Å². The minimum atomic E-state index is -1.38. The lowest BCUT2D eigenvalue weighted by atomic mass is 9.76. The van der Waals surface area contributed by atoms with Crippen molar-refractivity contribution in [1.29, 1.82) is 0 Å². The van der Waals surface area contributed by atoms with Gasteiger partial charge in [-0.25, -0.2) is 4.39 Å². The smallest absolute Gasteiger partial charge is 0.254 e. The van der Waals surface area contributed by atoms with E-state index in [4.69, 9.17) is 0 Å². The summed E-state index contributed by atoms with van der Waals surface area (Å²) in [5, 5.41) is 0. The fourth-order valence-electron chi connectivity index (χ4n) is 4.57. The van der Waals surface area contributed by atoms with Crippen LogP contribution in [-0.2, 0) is 5.41 Å². The van der Waals surface area contributed by atoms with Crippen molar-refractivity contribution >= 4 is 5.91 Å². The van der Waals surface area contributed by atoms with Gasteiger partial charge in [-0.2, -0.15) is 0 Å². The van der Waals surface area contributed by atoms with Gasteiger partial charge in [0.05, 0.1) is 12.6 Å². The lowest BCUT2D eigenvalue weighted by Gasteiger charge is -2.44. The second-order valence-corrected chi connectivity index (χ2v) is 9.48. The van der Waals surface area contributed by atoms with Gasteiger partial charge in [0.1, 0.15) is 5.67 Å². The molecule has 0 aromatic heterocycles. The number of rotatable bonds is 2. The Kier molecular flexibility index (Phi) is 5.10. The average molecular weight is 392 g/mol. The maximum absolute atomic E-state index is 15.8. The minimum absolute atomic E-state index is 0.0298. The van der Waals surface area contributed by atoms with E-state index in [-0.39, 0.29) is 23.9 Å². The van der Waals surface area contributed by atoms with E-state index < -0.39 is 5.67 Å². The molecule has 1 aliphatic carbocycles. The summed E-state index contributed by atoms with van der Waals surface area (Å²) < 4.78 is 15.8. The molecule has 2 aliphatic rings. The molecule has 1 heterocycles. The Balaban J connectivity index is 1.71. The Morgan fingerprint density at radius 2 is 1.72 bits per heavy atom. The number of halogens is 1. The van der Waals surface area contributed by atoms with Crippen LogP contribution < -0.4 is 0 Å². The summed E-state index contributed by atoms with van der Waals surface area (Å²) in [4.78, 5) is 15.2. The van der Waals surface area contributed by atoms with Crippen molar-refractivity contribution in [3.05, 3.63) is 82.9 Å². The first-order valence-corrected chi connectivity index (χ1v) is 10.6. The van der Waals surface area contributed by atoms with Crippen molar-refractivity contribution in [2.45, 2.75) is 63.6 Å². The predicted molar refractivity (Wildman–Crippen MR) is 116 cm³/mol. The predicted octanol–water partition coefficient (Wildman–Crippen LogP) is 6.39. The standard InChI is InChI=1S/C26H30FNO/c1-25(2,3)21-14-12-20(13-15-21)24(29)28-18-26(27)16-8-7-11-22(26)17-23(28)19-9-5-4-6-10-19/h4-6,9-10,12-15,17,23H,7-8,11,16,18H2,1-3H3/t23-,26-/m1/s1. The minimum Gasteiger partial charge on any atom is -0.325 e. The number of nitrogens with zero attached hydrogens (tertiary/aromatic N) is 1. The van der Waals surface area contributed by atoms with Gasteiger partial charge in [0.15, 0.2) is 0 Å². The maximum atomic E-state index is 15.8. The fraction of sp³-hybridized carbons (Fsp3) is 0.423. The molecule has 1 fully saturated rings. The lowest BCUT2D eigenvalue weighted by molar-refractivity contribution is 0.0438. The largest absolute Gasteiger partial charge is 0.325 e. The van der Waals surface area contributed by atoms with Crippen molar-refractivity contribution < 1.29 is 9.18 Å². The highest BCUT2D eigenvalue weighted by Crippen LogP contribution is 2.44. The van der Waals surface area contributed by atoms with Crippen LogP contribution in [0.4, 0.5) is 4.39 Å². The molecule has 3 heteroatoms. The van der Waals surface area contributed by atoms with E-state index >= 15 is 4.39 Å². The Morgan fingerprint density at radius 1 is 1.03 bits per heavy atom. The molecule has 0 radical (unpaired) electrons. The Morgan fingerprint density at radius 3 is 2.38 bits per heavy atom. The third kappa shape index (κ3) is 3.88. The van der Waals surface area contributed by atoms with Gasteiger partial charge in [-0.05, 0) is 59.9 Å². The van der Waals surface area contributed by atoms with Crippen LogP contribution in [-0.4, -0.2) is 23.0 Å². The normalized spacial score (nSPS) is 24.6. The van der Waals surface area contributed by atoms with E-state index in [0.29, 0.717) is 12.0 Å². The highest BCUT2D eigenvalue weighted by molar-refractivity contribution is 5.95. The van der Waals surface area contributed by atoms with Crippen LogP contribution in [0.1, 0.15) is 74.0 Å². The Bertz CT molecular complexity index is 910. The fourth-order valence-corrected chi connectivity index (χ4v) is 4.57. The van der Waals surface area contributed by atoms with E-state index in [1.54, 1.807) is 4.90 Å². The molecular formula is C26H30FNO. The summed E-state index contributed by atoms with van der Waals surface area (Å²) in [6.45, 7) is 6.60. The molecule has 2 nitrogen and oxygen atoms in total. The number of hydrogen-bond acceptors (Lipinski definition) is 1. The molecule has 1 aliphatic heterocycles. The molecule has 0 saturated heterocycles. The Labute approximate surface area is 173 Å². The first kappa shape index (κ1) is 19.9. The number of fused-ring (bicyclic) bond motifs is 1. The average Bonchev–Trinajstić information content (AvgIpc) is 2.72. The van der Waals surface area contributed by atoms with Crippen molar-refractivity contribution in [2.24, 2.45) is 0 Å². The van der Waals surface area contributed by atoms with Gasteiger partial charge < -0.3 is 4.90 Å². The van der Waals surface area contributed by atoms with Crippen LogP contribution >= 0.6 is 0 Å². The zero-order valence-corrected chi connectivity index (χ0v) is 17.6. The zero-order chi connectivity index (χ0) is 20.6. The quantitative estimate of drug-likeness (QED) is 0.543. The molecule has 2 atom stereocenters. The van der Waals surface area contributed by atoms with Crippen molar-refractivity contribution in [3.63, 3.8) is 0 Å². The Hall–Kier alpha value is -2.42. The summed E-state index contributed by atoms with van der Waals surface area (Å²) >= 11 is 0. The van der Waals surface area contributed by atoms with Gasteiger partial charge >= 0.3 is 0 Å². The number of alkyl halides is 1. The molecule has 0 bridgehead atoms. The number of benzene rings is 2. The molecular weight excluding hydrogens is 361 g/mol. The summed E-state index contributed by atoms with van der Waals surface area (Å²) in [6.07, 6.45) is 5.22. The van der Waals surface area contributed by atoms with Crippen molar-refractivity contribution in [1.82, 2.24) is 4.90 Å². The van der Waals surface area contributed by atoms with Crippen LogP contribution in [0.25, 0.3) is 0 Å². The molecule has 152 valence electrons. The highest BCUT2D eigenvalue weighted by Gasteiger charge is 2.45. The van der Waals surface area contributed by atoms with Gasteiger partial charge in [0.25, 0.3) is 5.91 Å². The molecule has 2 aromatic carbocycles. The lowest BCUT2D eigenvalue weighted by Crippen LogP contribution is -2.50. The number of hydrogen-bond donors (Lipinski definition) is 0. The van der Waals surface area contributed by atoms with Gasteiger partial charge in [-0.3, -0.25) is 4.79 Å². The van der Waals surface area contributed by atoms with Crippen LogP contribution in [0.5, 0.6) is 0 Å². The first-order chi connectivity index (χ1) is 13.8. The van der Waals surface area contributed by atoms with Gasteiger partial charge in [0.2, 0.25) is 0 Å². The third-order valence-corrected chi connectivity index (χ3v) is 6.36. The maximum Gasteiger partial charge on any atom is 0.254 e. The van der Waals surface area contributed by atoms with Crippen LogP contribution in [0, 0.1) is 0 Å². The van der Waals surface area contributed by atoms with Crippen LogP contribution in [0.3, 0.4) is 0 Å². The second kappa shape index (κ2) is 7.44. The first-order valence-electron chi connectivity index (χ1n) is 10.6. The zero-order valence-electron chi connectivity index (χ0n) is 17.6. The molecule has 1 amide bonds. The SMILES string of the molecule is CC(C)(C)c1ccc(C(=O)N2C[C@]3(F)CCCCC3=C[C@@H]2c2ccccc2)cc1. The molecule has 0 unspecified atom stereocenters.